The van der Waals surface area contributed by atoms with Gasteiger partial charge in [-0.1, -0.05) is 68.5 Å². The van der Waals surface area contributed by atoms with E-state index in [0.29, 0.717) is 0 Å². The third-order valence-electron chi connectivity index (χ3n) is 10.0. The summed E-state index contributed by atoms with van der Waals surface area (Å²) in [7, 11) is 13.7. The van der Waals surface area contributed by atoms with Crippen LogP contribution in [0.15, 0.2) is 95.8 Å². The van der Waals surface area contributed by atoms with Gasteiger partial charge in [0.15, 0.2) is 12.3 Å². The molecule has 0 radical (unpaired) electrons. The molecule has 240 valence electrons. The van der Waals surface area contributed by atoms with Crippen molar-refractivity contribution in [2.45, 2.75) is 64.2 Å². The fourth-order valence-corrected chi connectivity index (χ4v) is 7.48. The molecule has 0 saturated heterocycles. The smallest absolute Gasteiger partial charge is 0.209 e. The molecule has 0 spiro atoms. The zero-order chi connectivity index (χ0) is 32.6. The molecule has 0 unspecified atom stereocenters. The molecule has 0 fully saturated rings. The van der Waals surface area contributed by atoms with E-state index >= 15 is 0 Å². The van der Waals surface area contributed by atoms with Gasteiger partial charge in [-0.15, -0.1) is 0 Å². The number of allylic oxidation sites excluding steroid dienone is 8. The highest BCUT2D eigenvalue weighted by molar-refractivity contribution is 6.03. The van der Waals surface area contributed by atoms with Crippen molar-refractivity contribution in [3.63, 3.8) is 0 Å². The topological polar surface area (TPSA) is 6.25 Å². The molecule has 0 bridgehead atoms. The van der Waals surface area contributed by atoms with E-state index in [4.69, 9.17) is 0 Å². The predicted octanol–water partition coefficient (Wildman–Crippen LogP) is 8.14. The van der Waals surface area contributed by atoms with Crippen molar-refractivity contribution in [3.8, 4) is 0 Å². The Bertz CT molecular complexity index is 1560. The average Bonchev–Trinajstić information content (AvgIpc) is 3.55. The van der Waals surface area contributed by atoms with E-state index < -0.39 is 0 Å². The first-order valence-corrected chi connectivity index (χ1v) is 17.1. The van der Waals surface area contributed by atoms with Crippen LogP contribution in [0.25, 0.3) is 0 Å². The standard InChI is InChI=1S/C41H59N4/c1-40(2)34-17-11-13-19-36(34)42(27-15-29-44(5,6)7)38(40)25-23-32-21-22-33(31-32)24-26-39-41(3,4)35-18-12-14-20-37(35)43(39)28-16-30-45(8,9)10/h11-14,17-20,23-26,31H,15-16,21-22,27-30H2,1-10H3/q+3. The Labute approximate surface area is 274 Å². The summed E-state index contributed by atoms with van der Waals surface area (Å²) in [5, 5.41) is 0. The van der Waals surface area contributed by atoms with Gasteiger partial charge in [-0.2, -0.15) is 4.58 Å². The zero-order valence-electron chi connectivity index (χ0n) is 30.0. The lowest BCUT2D eigenvalue weighted by Crippen LogP contribution is -2.37. The Kier molecular flexibility index (Phi) is 9.23. The van der Waals surface area contributed by atoms with Crippen LogP contribution < -0.4 is 4.90 Å². The number of hydrogen-bond donors (Lipinski definition) is 0. The number of hydrogen-bond acceptors (Lipinski definition) is 1. The van der Waals surface area contributed by atoms with E-state index in [-0.39, 0.29) is 10.8 Å². The lowest BCUT2D eigenvalue weighted by molar-refractivity contribution is -0.871. The Morgan fingerprint density at radius 2 is 1.38 bits per heavy atom. The highest BCUT2D eigenvalue weighted by atomic mass is 15.3. The second-order valence-electron chi connectivity index (χ2n) is 16.6. The third-order valence-corrected chi connectivity index (χ3v) is 10.0. The molecule has 2 aromatic rings. The second kappa shape index (κ2) is 12.5. The van der Waals surface area contributed by atoms with Crippen molar-refractivity contribution >= 4 is 17.1 Å². The van der Waals surface area contributed by atoms with Crippen molar-refractivity contribution in [3.05, 3.63) is 107 Å². The minimum absolute atomic E-state index is 0.00960. The molecule has 2 aromatic carbocycles. The number of fused-ring (bicyclic) bond motifs is 2. The highest BCUT2D eigenvalue weighted by Crippen LogP contribution is 2.48. The van der Waals surface area contributed by atoms with E-state index in [2.05, 4.69) is 158 Å². The molecule has 5 rings (SSSR count). The fraction of sp³-hybridized carbons (Fsp3) is 0.488. The maximum absolute atomic E-state index is 2.59. The Hall–Kier alpha value is -3.21. The van der Waals surface area contributed by atoms with Crippen LogP contribution in [0.5, 0.6) is 0 Å². The van der Waals surface area contributed by atoms with Gasteiger partial charge < -0.3 is 13.9 Å². The second-order valence-corrected chi connectivity index (χ2v) is 16.6. The molecule has 4 nitrogen and oxygen atoms in total. The molecule has 3 aliphatic rings. The van der Waals surface area contributed by atoms with Crippen LogP contribution in [-0.2, 0) is 10.8 Å². The molecule has 0 saturated carbocycles. The Morgan fingerprint density at radius 1 is 0.733 bits per heavy atom. The molecule has 1 aliphatic carbocycles. The molecule has 0 N–H and O–H groups in total. The molecule has 45 heavy (non-hydrogen) atoms. The SMILES string of the molecule is CC1(C)C(/C=C/C2=CC(=C/C=C3/N(CCC[N+](C)(C)C)c4ccccc4C3(C)C)/CC2)=[N+](CCC[N+](C)(C)C)c2ccccc21. The number of quaternary nitrogens is 2. The van der Waals surface area contributed by atoms with Gasteiger partial charge in [-0.25, -0.2) is 0 Å². The Balaban J connectivity index is 1.39. The van der Waals surface area contributed by atoms with Gasteiger partial charge in [0.2, 0.25) is 5.69 Å². The predicted molar refractivity (Wildman–Crippen MR) is 194 cm³/mol. The van der Waals surface area contributed by atoms with Crippen molar-refractivity contribution in [1.29, 1.82) is 0 Å². The minimum atomic E-state index is -0.00960. The molecular weight excluding hydrogens is 548 g/mol. The summed E-state index contributed by atoms with van der Waals surface area (Å²) in [6, 6.07) is 18.0. The molecular formula is C41H59N4+3. The van der Waals surface area contributed by atoms with Gasteiger partial charge >= 0.3 is 0 Å². The first kappa shape index (κ1) is 33.2. The van der Waals surface area contributed by atoms with Crippen molar-refractivity contribution < 1.29 is 13.5 Å². The van der Waals surface area contributed by atoms with Crippen molar-refractivity contribution in [2.24, 2.45) is 0 Å². The van der Waals surface area contributed by atoms with Gasteiger partial charge in [0.05, 0.1) is 67.2 Å². The van der Waals surface area contributed by atoms with E-state index in [1.807, 2.05) is 0 Å². The van der Waals surface area contributed by atoms with Gasteiger partial charge in [-0.3, -0.25) is 0 Å². The largest absolute Gasteiger partial charge is 0.344 e. The zero-order valence-corrected chi connectivity index (χ0v) is 30.0. The summed E-state index contributed by atoms with van der Waals surface area (Å²) in [5.74, 6) is 0. The van der Waals surface area contributed by atoms with Crippen LogP contribution in [0.2, 0.25) is 0 Å². The lowest BCUT2D eigenvalue weighted by Gasteiger charge is -2.29. The summed E-state index contributed by atoms with van der Waals surface area (Å²) >= 11 is 0. The minimum Gasteiger partial charge on any atom is -0.344 e. The van der Waals surface area contributed by atoms with Gasteiger partial charge in [0, 0.05) is 47.5 Å². The van der Waals surface area contributed by atoms with Crippen LogP contribution >= 0.6 is 0 Å². The summed E-state index contributed by atoms with van der Waals surface area (Å²) in [6.45, 7) is 14.0. The van der Waals surface area contributed by atoms with Crippen LogP contribution in [0.3, 0.4) is 0 Å². The van der Waals surface area contributed by atoms with Crippen molar-refractivity contribution in [1.82, 2.24) is 0 Å². The highest BCUT2D eigenvalue weighted by Gasteiger charge is 2.44. The van der Waals surface area contributed by atoms with Crippen LogP contribution in [-0.4, -0.2) is 87.7 Å². The Morgan fingerprint density at radius 3 is 2.09 bits per heavy atom. The molecule has 4 heteroatoms. The van der Waals surface area contributed by atoms with E-state index in [0.717, 1.165) is 34.9 Å². The number of rotatable bonds is 11. The van der Waals surface area contributed by atoms with Gasteiger partial charge in [0.25, 0.3) is 0 Å². The maximum atomic E-state index is 2.59. The number of anilines is 1. The van der Waals surface area contributed by atoms with Gasteiger partial charge in [-0.05, 0) is 55.5 Å². The number of para-hydroxylation sites is 2. The van der Waals surface area contributed by atoms with E-state index in [1.165, 1.54) is 71.0 Å². The fourth-order valence-electron chi connectivity index (χ4n) is 7.48. The number of nitrogens with zero attached hydrogens (tertiary/aromatic N) is 4. The maximum Gasteiger partial charge on any atom is 0.209 e. The first-order valence-electron chi connectivity index (χ1n) is 17.1. The average molecular weight is 608 g/mol. The van der Waals surface area contributed by atoms with Crippen LogP contribution in [0.4, 0.5) is 11.4 Å². The summed E-state index contributed by atoms with van der Waals surface area (Å²) < 4.78 is 4.59. The van der Waals surface area contributed by atoms with Crippen LogP contribution in [0.1, 0.15) is 64.5 Å². The lowest BCUT2D eigenvalue weighted by atomic mass is 9.81. The monoisotopic (exact) mass is 607 g/mol. The van der Waals surface area contributed by atoms with Crippen LogP contribution in [0, 0.1) is 0 Å². The summed E-state index contributed by atoms with van der Waals surface area (Å²) in [5.41, 5.74) is 11.3. The summed E-state index contributed by atoms with van der Waals surface area (Å²) in [4.78, 5) is 2.59. The molecule has 0 atom stereocenters. The molecule has 2 heterocycles. The van der Waals surface area contributed by atoms with E-state index in [9.17, 15) is 0 Å². The normalized spacial score (nSPS) is 20.9. The molecule has 2 aliphatic heterocycles. The summed E-state index contributed by atoms with van der Waals surface area (Å²) in [6.07, 6.45) is 16.6. The third kappa shape index (κ3) is 7.28. The van der Waals surface area contributed by atoms with E-state index in [1.54, 1.807) is 0 Å². The first-order chi connectivity index (χ1) is 21.1. The van der Waals surface area contributed by atoms with Crippen molar-refractivity contribution in [2.75, 3.05) is 73.4 Å². The molecule has 0 aromatic heterocycles. The van der Waals surface area contributed by atoms with Gasteiger partial charge in [0.1, 0.15) is 0 Å². The molecule has 0 amide bonds. The quantitative estimate of drug-likeness (QED) is 0.185. The number of benzene rings is 2.